The highest BCUT2D eigenvalue weighted by atomic mass is 19.1. The number of aromatic amines is 1. The van der Waals surface area contributed by atoms with E-state index in [9.17, 15) is 4.39 Å². The molecule has 1 unspecified atom stereocenters. The molecule has 0 bridgehead atoms. The SMILES string of the molecule is CCC1CN=C(C2CC2)CC1=Nc1cc(N2CCN(C)CC2)nc(Oc2cc(F)c3[nH]c(C)cc3c2F)n1. The number of ether oxygens (including phenoxy) is 1. The molecular formula is C28H33F2N7O. The Labute approximate surface area is 220 Å². The standard InChI is InChI=1S/C28H33F2N7O/c1-4-17-15-31-21(18-5-6-18)13-22(17)33-24-14-25(37-9-7-36(3)8-10-37)35-28(34-24)38-23-12-20(29)27-19(26(23)30)11-16(2)32-27/h11-12,14,17-18,32H,4-10,13,15H2,1-3H3. The van der Waals surface area contributed by atoms with Crippen LogP contribution >= 0.6 is 0 Å². The highest BCUT2D eigenvalue weighted by Gasteiger charge is 2.32. The van der Waals surface area contributed by atoms with Crippen molar-refractivity contribution in [1.82, 2.24) is 19.9 Å². The average molecular weight is 522 g/mol. The fourth-order valence-electron chi connectivity index (χ4n) is 5.26. The molecule has 0 radical (unpaired) electrons. The molecule has 6 rings (SSSR count). The third-order valence-corrected chi connectivity index (χ3v) is 7.76. The number of benzene rings is 1. The number of fused-ring (bicyclic) bond motifs is 1. The molecule has 10 heteroatoms. The van der Waals surface area contributed by atoms with E-state index in [4.69, 9.17) is 14.7 Å². The van der Waals surface area contributed by atoms with E-state index in [0.29, 0.717) is 23.2 Å². The van der Waals surface area contributed by atoms with Gasteiger partial charge in [0, 0.05) is 79.7 Å². The second-order valence-electron chi connectivity index (χ2n) is 10.7. The van der Waals surface area contributed by atoms with E-state index in [1.54, 1.807) is 13.0 Å². The van der Waals surface area contributed by atoms with Gasteiger partial charge in [-0.25, -0.2) is 13.8 Å². The molecule has 0 amide bonds. The first kappa shape index (κ1) is 24.9. The summed E-state index contributed by atoms with van der Waals surface area (Å²) in [6, 6.07) is 4.42. The fourth-order valence-corrected chi connectivity index (χ4v) is 5.26. The van der Waals surface area contributed by atoms with E-state index in [1.165, 1.54) is 18.6 Å². The molecule has 1 aromatic carbocycles. The van der Waals surface area contributed by atoms with Crippen LogP contribution in [0, 0.1) is 30.4 Å². The lowest BCUT2D eigenvalue weighted by Crippen LogP contribution is -2.44. The summed E-state index contributed by atoms with van der Waals surface area (Å²) in [4.78, 5) is 26.2. The topological polar surface area (TPSA) is 82.0 Å². The summed E-state index contributed by atoms with van der Waals surface area (Å²) in [5.74, 6) is 0.477. The predicted molar refractivity (Wildman–Crippen MR) is 145 cm³/mol. The van der Waals surface area contributed by atoms with Crippen LogP contribution in [0.1, 0.15) is 38.3 Å². The molecule has 1 atom stereocenters. The van der Waals surface area contributed by atoms with E-state index >= 15 is 4.39 Å². The summed E-state index contributed by atoms with van der Waals surface area (Å²) in [6.45, 7) is 8.02. The van der Waals surface area contributed by atoms with Crippen molar-refractivity contribution >= 4 is 34.0 Å². The van der Waals surface area contributed by atoms with Crippen LogP contribution in [-0.2, 0) is 0 Å². The molecule has 3 aromatic rings. The Bertz CT molecular complexity index is 1420. The Morgan fingerprint density at radius 3 is 2.63 bits per heavy atom. The first-order chi connectivity index (χ1) is 18.4. The van der Waals surface area contributed by atoms with Crippen molar-refractivity contribution in [2.24, 2.45) is 21.8 Å². The molecule has 3 aliphatic rings. The van der Waals surface area contributed by atoms with Gasteiger partial charge in [0.2, 0.25) is 0 Å². The summed E-state index contributed by atoms with van der Waals surface area (Å²) in [7, 11) is 2.09. The quantitative estimate of drug-likeness (QED) is 0.467. The van der Waals surface area contributed by atoms with E-state index < -0.39 is 11.6 Å². The minimum Gasteiger partial charge on any atom is -0.421 e. The van der Waals surface area contributed by atoms with Crippen LogP contribution in [0.4, 0.5) is 20.4 Å². The third-order valence-electron chi connectivity index (χ3n) is 7.76. The molecule has 0 spiro atoms. The average Bonchev–Trinajstić information content (AvgIpc) is 3.68. The van der Waals surface area contributed by atoms with Crippen LogP contribution in [0.3, 0.4) is 0 Å². The Kier molecular flexibility index (Phi) is 6.59. The van der Waals surface area contributed by atoms with Gasteiger partial charge < -0.3 is 19.5 Å². The largest absolute Gasteiger partial charge is 0.421 e. The number of halogens is 2. The minimum absolute atomic E-state index is 0.0503. The Morgan fingerprint density at radius 2 is 1.89 bits per heavy atom. The van der Waals surface area contributed by atoms with Gasteiger partial charge in [-0.05, 0) is 45.2 Å². The van der Waals surface area contributed by atoms with E-state index in [0.717, 1.165) is 57.3 Å². The van der Waals surface area contributed by atoms with Gasteiger partial charge in [0.1, 0.15) is 5.82 Å². The van der Waals surface area contributed by atoms with Crippen molar-refractivity contribution in [3.8, 4) is 11.8 Å². The lowest BCUT2D eigenvalue weighted by Gasteiger charge is -2.33. The summed E-state index contributed by atoms with van der Waals surface area (Å²) < 4.78 is 35.9. The van der Waals surface area contributed by atoms with Crippen molar-refractivity contribution in [1.29, 1.82) is 0 Å². The number of likely N-dealkylation sites (N-methyl/N-ethyl adjacent to an activating group) is 1. The highest BCUT2D eigenvalue weighted by molar-refractivity contribution is 6.09. The van der Waals surface area contributed by atoms with Gasteiger partial charge in [-0.3, -0.25) is 4.99 Å². The van der Waals surface area contributed by atoms with Crippen molar-refractivity contribution in [2.75, 3.05) is 44.7 Å². The summed E-state index contributed by atoms with van der Waals surface area (Å²) in [5.41, 5.74) is 3.08. The number of H-pyrrole nitrogens is 1. The molecule has 2 aliphatic heterocycles. The fraction of sp³-hybridized carbons (Fsp3) is 0.500. The molecule has 2 fully saturated rings. The van der Waals surface area contributed by atoms with Crippen molar-refractivity contribution in [2.45, 2.75) is 39.5 Å². The minimum atomic E-state index is -0.657. The normalized spacial score (nSPS) is 21.8. The van der Waals surface area contributed by atoms with Crippen LogP contribution < -0.4 is 9.64 Å². The predicted octanol–water partition coefficient (Wildman–Crippen LogP) is 5.44. The zero-order chi connectivity index (χ0) is 26.4. The molecule has 8 nitrogen and oxygen atoms in total. The molecule has 38 heavy (non-hydrogen) atoms. The summed E-state index contributed by atoms with van der Waals surface area (Å²) in [6.07, 6.45) is 4.11. The molecular weight excluding hydrogens is 488 g/mol. The lowest BCUT2D eigenvalue weighted by atomic mass is 9.91. The van der Waals surface area contributed by atoms with Gasteiger partial charge in [0.15, 0.2) is 23.2 Å². The Balaban J connectivity index is 1.38. The highest BCUT2D eigenvalue weighted by Crippen LogP contribution is 2.36. The number of hydrogen-bond acceptors (Lipinski definition) is 7. The van der Waals surface area contributed by atoms with E-state index in [-0.39, 0.29) is 28.6 Å². The second kappa shape index (κ2) is 10.1. The van der Waals surface area contributed by atoms with Crippen molar-refractivity contribution in [3.05, 3.63) is 35.5 Å². The van der Waals surface area contributed by atoms with Crippen LogP contribution in [0.2, 0.25) is 0 Å². The molecule has 1 N–H and O–H groups in total. The lowest BCUT2D eigenvalue weighted by molar-refractivity contribution is 0.311. The Morgan fingerprint density at radius 1 is 1.11 bits per heavy atom. The first-order valence-electron chi connectivity index (χ1n) is 13.5. The third kappa shape index (κ3) is 5.01. The van der Waals surface area contributed by atoms with E-state index in [1.807, 2.05) is 6.07 Å². The van der Waals surface area contributed by atoms with Gasteiger partial charge in [-0.15, -0.1) is 0 Å². The van der Waals surface area contributed by atoms with Crippen LogP contribution in [-0.4, -0.2) is 71.0 Å². The van der Waals surface area contributed by atoms with Crippen molar-refractivity contribution < 1.29 is 13.5 Å². The van der Waals surface area contributed by atoms with Crippen molar-refractivity contribution in [3.63, 3.8) is 0 Å². The molecule has 4 heterocycles. The maximum Gasteiger partial charge on any atom is 0.326 e. The molecule has 2 aromatic heterocycles. The maximum atomic E-state index is 15.3. The molecule has 200 valence electrons. The van der Waals surface area contributed by atoms with Crippen LogP contribution in [0.15, 0.2) is 28.2 Å². The summed E-state index contributed by atoms with van der Waals surface area (Å²) >= 11 is 0. The van der Waals surface area contributed by atoms with Gasteiger partial charge in [0.05, 0.1) is 5.52 Å². The van der Waals surface area contributed by atoms with E-state index in [2.05, 4.69) is 38.7 Å². The van der Waals surface area contributed by atoms with Crippen LogP contribution in [0.25, 0.3) is 10.9 Å². The number of nitrogens with zero attached hydrogens (tertiary/aromatic N) is 6. The van der Waals surface area contributed by atoms with Gasteiger partial charge in [-0.2, -0.15) is 9.97 Å². The number of hydrogen-bond donors (Lipinski definition) is 1. The van der Waals surface area contributed by atoms with Gasteiger partial charge >= 0.3 is 6.01 Å². The summed E-state index contributed by atoms with van der Waals surface area (Å²) in [5, 5.41) is 0.132. The number of aryl methyl sites for hydroxylation is 1. The van der Waals surface area contributed by atoms with Gasteiger partial charge in [-0.1, -0.05) is 6.92 Å². The monoisotopic (exact) mass is 521 g/mol. The number of aromatic nitrogens is 3. The number of rotatable bonds is 6. The maximum absolute atomic E-state index is 15.3. The zero-order valence-electron chi connectivity index (χ0n) is 22.1. The van der Waals surface area contributed by atoms with Gasteiger partial charge in [0.25, 0.3) is 0 Å². The second-order valence-corrected chi connectivity index (χ2v) is 10.7. The smallest absolute Gasteiger partial charge is 0.326 e. The number of nitrogens with one attached hydrogen (secondary N) is 1. The molecule has 1 saturated carbocycles. The zero-order valence-corrected chi connectivity index (χ0v) is 22.1. The first-order valence-corrected chi connectivity index (χ1v) is 13.5. The number of anilines is 1. The molecule has 1 saturated heterocycles. The Hall–Kier alpha value is -3.40. The number of aliphatic imine (C=N–C) groups is 2. The molecule has 1 aliphatic carbocycles. The van der Waals surface area contributed by atoms with Crippen LogP contribution in [0.5, 0.6) is 11.8 Å². The number of piperazine rings is 1.